The third kappa shape index (κ3) is 3.13. The van der Waals surface area contributed by atoms with Gasteiger partial charge < -0.3 is 9.47 Å². The van der Waals surface area contributed by atoms with Crippen molar-refractivity contribution in [2.75, 3.05) is 26.2 Å². The molecule has 150 valence electrons. The molecule has 8 nitrogen and oxygen atoms in total. The summed E-state index contributed by atoms with van der Waals surface area (Å²) in [5, 5.41) is 7.52. The maximum atomic E-state index is 13.0. The Kier molecular flexibility index (Phi) is 4.24. The van der Waals surface area contributed by atoms with Gasteiger partial charge in [0.25, 0.3) is 5.91 Å². The van der Waals surface area contributed by atoms with Gasteiger partial charge in [0.05, 0.1) is 11.7 Å². The molecule has 2 fully saturated rings. The molecule has 4 heterocycles. The number of likely N-dealkylation sites (tertiary alicyclic amines) is 2. The number of nitrogens with one attached hydrogen (secondary N) is 1. The fourth-order valence-electron chi connectivity index (χ4n) is 4.85. The number of aromatic nitrogens is 5. The molecule has 2 aliphatic rings. The van der Waals surface area contributed by atoms with Gasteiger partial charge in [-0.25, -0.2) is 9.97 Å². The Morgan fingerprint density at radius 3 is 2.76 bits per heavy atom. The number of hydrogen-bond donors (Lipinski definition) is 1. The van der Waals surface area contributed by atoms with Crippen molar-refractivity contribution in [2.24, 2.45) is 13.0 Å². The highest BCUT2D eigenvalue weighted by Crippen LogP contribution is 2.44. The smallest absolute Gasteiger partial charge is 0.274 e. The largest absolute Gasteiger partial charge is 0.340 e. The molecule has 2 aliphatic heterocycles. The van der Waals surface area contributed by atoms with Crippen molar-refractivity contribution in [3.05, 3.63) is 65.8 Å². The zero-order chi connectivity index (χ0) is 20.0. The average Bonchev–Trinajstić information content (AvgIpc) is 3.45. The van der Waals surface area contributed by atoms with E-state index < -0.39 is 0 Å². The van der Waals surface area contributed by atoms with Crippen LogP contribution >= 0.6 is 0 Å². The molecule has 0 radical (unpaired) electrons. The molecular formula is C21H25N7O. The molecule has 2 atom stereocenters. The van der Waals surface area contributed by atoms with Crippen LogP contribution in [0.5, 0.6) is 0 Å². The molecule has 0 bridgehead atoms. The molecule has 0 spiro atoms. The van der Waals surface area contributed by atoms with E-state index in [1.807, 2.05) is 24.9 Å². The summed E-state index contributed by atoms with van der Waals surface area (Å²) in [6, 6.07) is 10.5. The number of amides is 1. The zero-order valence-corrected chi connectivity index (χ0v) is 16.7. The summed E-state index contributed by atoms with van der Waals surface area (Å²) in [4.78, 5) is 26.4. The van der Waals surface area contributed by atoms with Crippen LogP contribution in [0.1, 0.15) is 27.7 Å². The lowest BCUT2D eigenvalue weighted by Crippen LogP contribution is -2.40. The maximum absolute atomic E-state index is 13.0. The Morgan fingerprint density at radius 2 is 2.07 bits per heavy atom. The molecule has 1 N–H and O–H groups in total. The number of carbonyl (C=O) groups excluding carboxylic acids is 1. The summed E-state index contributed by atoms with van der Waals surface area (Å²) in [5.74, 6) is 1.92. The van der Waals surface area contributed by atoms with Crippen LogP contribution < -0.4 is 0 Å². The van der Waals surface area contributed by atoms with Gasteiger partial charge >= 0.3 is 0 Å². The minimum absolute atomic E-state index is 0.0127. The number of rotatable bonds is 4. The Morgan fingerprint density at radius 1 is 1.24 bits per heavy atom. The zero-order valence-electron chi connectivity index (χ0n) is 16.7. The van der Waals surface area contributed by atoms with Crippen molar-refractivity contribution >= 4 is 5.91 Å². The molecule has 0 saturated carbocycles. The van der Waals surface area contributed by atoms with Crippen LogP contribution in [0.2, 0.25) is 0 Å². The van der Waals surface area contributed by atoms with Gasteiger partial charge in [-0.15, -0.1) is 0 Å². The second-order valence-electron chi connectivity index (χ2n) is 8.36. The van der Waals surface area contributed by atoms with E-state index in [2.05, 4.69) is 49.3 Å². The third-order valence-corrected chi connectivity index (χ3v) is 6.18. The van der Waals surface area contributed by atoms with Crippen molar-refractivity contribution in [1.82, 2.24) is 34.5 Å². The summed E-state index contributed by atoms with van der Waals surface area (Å²) in [6.07, 6.45) is 3.45. The van der Waals surface area contributed by atoms with Crippen LogP contribution in [-0.2, 0) is 19.0 Å². The average molecular weight is 391 g/mol. The first-order chi connectivity index (χ1) is 14.0. The highest BCUT2D eigenvalue weighted by atomic mass is 16.2. The number of benzene rings is 1. The summed E-state index contributed by atoms with van der Waals surface area (Å²) >= 11 is 0. The second kappa shape index (κ2) is 6.81. The van der Waals surface area contributed by atoms with E-state index >= 15 is 0 Å². The van der Waals surface area contributed by atoms with Crippen LogP contribution in [-0.4, -0.2) is 66.6 Å². The maximum Gasteiger partial charge on any atom is 0.274 e. The number of fused-ring (bicyclic) bond motifs is 1. The SMILES string of the molecule is Cc1nc([C@]23CN(Cc4ccccc4)C[C@H]2CN(C(=O)c2cn(C)cn2)C3)n[nH]1. The Hall–Kier alpha value is -3.00. The fraction of sp³-hybridized carbons (Fsp3) is 0.429. The van der Waals surface area contributed by atoms with Crippen LogP contribution in [0.25, 0.3) is 0 Å². The Labute approximate surface area is 169 Å². The standard InChI is InChI=1S/C21H25N7O/c1-15-23-20(25-24-15)21-12-27(8-16-6-4-3-5-7-16)9-17(21)10-28(13-21)19(29)18-11-26(2)14-22-18/h3-7,11,14,17H,8-10,12-13H2,1-2H3,(H,23,24,25)/t17-,21-/m0/s1. The molecule has 0 unspecified atom stereocenters. The number of nitrogens with zero attached hydrogens (tertiary/aromatic N) is 6. The number of aromatic amines is 1. The Bertz CT molecular complexity index is 1030. The fourth-order valence-corrected chi connectivity index (χ4v) is 4.85. The third-order valence-electron chi connectivity index (χ3n) is 6.18. The molecule has 2 aromatic heterocycles. The quantitative estimate of drug-likeness (QED) is 0.726. The predicted molar refractivity (Wildman–Crippen MR) is 107 cm³/mol. The predicted octanol–water partition coefficient (Wildman–Crippen LogP) is 1.37. The molecule has 8 heteroatoms. The van der Waals surface area contributed by atoms with Gasteiger partial charge in [-0.05, 0) is 12.5 Å². The van der Waals surface area contributed by atoms with Crippen molar-refractivity contribution in [3.8, 4) is 0 Å². The van der Waals surface area contributed by atoms with Crippen molar-refractivity contribution < 1.29 is 4.79 Å². The van der Waals surface area contributed by atoms with E-state index in [0.29, 0.717) is 24.7 Å². The van der Waals surface area contributed by atoms with E-state index in [1.54, 1.807) is 17.1 Å². The van der Waals surface area contributed by atoms with Gasteiger partial charge in [0.2, 0.25) is 0 Å². The first-order valence-corrected chi connectivity index (χ1v) is 9.96. The first-order valence-electron chi connectivity index (χ1n) is 9.96. The molecular weight excluding hydrogens is 366 g/mol. The summed E-state index contributed by atoms with van der Waals surface area (Å²) in [7, 11) is 1.88. The molecule has 2 saturated heterocycles. The number of carbonyl (C=O) groups is 1. The molecule has 29 heavy (non-hydrogen) atoms. The van der Waals surface area contributed by atoms with E-state index in [-0.39, 0.29) is 11.3 Å². The normalized spacial score (nSPS) is 24.2. The molecule has 1 amide bonds. The van der Waals surface area contributed by atoms with Crippen LogP contribution in [0.3, 0.4) is 0 Å². The number of imidazole rings is 1. The summed E-state index contributed by atoms with van der Waals surface area (Å²) in [6.45, 7) is 5.91. The minimum Gasteiger partial charge on any atom is -0.340 e. The van der Waals surface area contributed by atoms with Crippen LogP contribution in [0.4, 0.5) is 0 Å². The van der Waals surface area contributed by atoms with Crippen molar-refractivity contribution in [2.45, 2.75) is 18.9 Å². The van der Waals surface area contributed by atoms with Gasteiger partial charge in [0, 0.05) is 51.9 Å². The van der Waals surface area contributed by atoms with E-state index in [0.717, 1.165) is 31.3 Å². The van der Waals surface area contributed by atoms with Gasteiger partial charge in [-0.2, -0.15) is 5.10 Å². The molecule has 3 aromatic rings. The van der Waals surface area contributed by atoms with Gasteiger partial charge in [0.1, 0.15) is 11.5 Å². The Balaban J connectivity index is 1.41. The topological polar surface area (TPSA) is 82.9 Å². The van der Waals surface area contributed by atoms with E-state index in [1.165, 1.54) is 5.56 Å². The van der Waals surface area contributed by atoms with Crippen LogP contribution in [0.15, 0.2) is 42.9 Å². The lowest BCUT2D eigenvalue weighted by atomic mass is 9.80. The van der Waals surface area contributed by atoms with Gasteiger partial charge in [-0.1, -0.05) is 30.3 Å². The number of aryl methyl sites for hydroxylation is 2. The van der Waals surface area contributed by atoms with E-state index in [9.17, 15) is 4.79 Å². The summed E-state index contributed by atoms with van der Waals surface area (Å²) < 4.78 is 1.81. The highest BCUT2D eigenvalue weighted by Gasteiger charge is 2.56. The van der Waals surface area contributed by atoms with Gasteiger partial charge in [-0.3, -0.25) is 14.8 Å². The van der Waals surface area contributed by atoms with Crippen LogP contribution in [0, 0.1) is 12.8 Å². The number of hydrogen-bond acceptors (Lipinski definition) is 5. The summed E-state index contributed by atoms with van der Waals surface area (Å²) in [5.41, 5.74) is 1.55. The molecule has 5 rings (SSSR count). The monoisotopic (exact) mass is 391 g/mol. The first kappa shape index (κ1) is 18.1. The second-order valence-corrected chi connectivity index (χ2v) is 8.36. The van der Waals surface area contributed by atoms with Crippen molar-refractivity contribution in [3.63, 3.8) is 0 Å². The highest BCUT2D eigenvalue weighted by molar-refractivity contribution is 5.92. The van der Waals surface area contributed by atoms with Crippen molar-refractivity contribution in [1.29, 1.82) is 0 Å². The molecule has 1 aromatic carbocycles. The lowest BCUT2D eigenvalue weighted by Gasteiger charge is -2.26. The molecule has 0 aliphatic carbocycles. The van der Waals surface area contributed by atoms with E-state index in [4.69, 9.17) is 0 Å². The lowest BCUT2D eigenvalue weighted by molar-refractivity contribution is 0.0763. The number of H-pyrrole nitrogens is 1. The van der Waals surface area contributed by atoms with Gasteiger partial charge in [0.15, 0.2) is 5.82 Å². The minimum atomic E-state index is -0.246.